The van der Waals surface area contributed by atoms with E-state index in [1.54, 1.807) is 20.8 Å². The van der Waals surface area contributed by atoms with Gasteiger partial charge in [0.25, 0.3) is 0 Å². The van der Waals surface area contributed by atoms with Crippen molar-refractivity contribution in [2.45, 2.75) is 39.2 Å². The Bertz CT molecular complexity index is 980. The van der Waals surface area contributed by atoms with Crippen LogP contribution in [-0.4, -0.2) is 76.9 Å². The minimum absolute atomic E-state index is 0.0446. The zero-order chi connectivity index (χ0) is 25.5. The number of methoxy groups -OCH3 is 1. The Kier molecular flexibility index (Phi) is 6.71. The van der Waals surface area contributed by atoms with Crippen LogP contribution in [0, 0.1) is 11.3 Å². The number of pyridine rings is 1. The number of hydrogen-bond acceptors (Lipinski definition) is 6. The van der Waals surface area contributed by atoms with Gasteiger partial charge in [0.05, 0.1) is 24.3 Å². The van der Waals surface area contributed by atoms with Gasteiger partial charge in [-0.05, 0) is 6.07 Å². The van der Waals surface area contributed by atoms with E-state index in [0.29, 0.717) is 6.20 Å². The molecule has 1 aromatic heterocycles. The molecule has 1 aromatic rings. The fourth-order valence-corrected chi connectivity index (χ4v) is 3.99. The summed E-state index contributed by atoms with van der Waals surface area (Å²) in [5.74, 6) is -0.773. The molecule has 0 saturated carbocycles. The van der Waals surface area contributed by atoms with Crippen LogP contribution in [0.1, 0.15) is 32.0 Å². The van der Waals surface area contributed by atoms with Crippen molar-refractivity contribution >= 4 is 23.8 Å². The summed E-state index contributed by atoms with van der Waals surface area (Å²) in [7, 11) is 1.45. The van der Waals surface area contributed by atoms with E-state index in [1.165, 1.54) is 16.9 Å². The van der Waals surface area contributed by atoms with Crippen LogP contribution in [0.3, 0.4) is 0 Å². The molecule has 3 amide bonds. The van der Waals surface area contributed by atoms with Crippen LogP contribution < -0.4 is 5.32 Å². The summed E-state index contributed by atoms with van der Waals surface area (Å²) < 4.78 is 50.3. The topological polar surface area (TPSA) is 121 Å². The average Bonchev–Trinajstić information content (AvgIpc) is 3.26. The number of nitrogens with one attached hydrogen (secondary N) is 1. The van der Waals surface area contributed by atoms with Gasteiger partial charge in [0.2, 0.25) is 5.91 Å². The van der Waals surface area contributed by atoms with Gasteiger partial charge in [-0.15, -0.1) is 0 Å². The Morgan fingerprint density at radius 2 is 1.82 bits per heavy atom. The number of fused-ring (bicyclic) bond motifs is 1. The van der Waals surface area contributed by atoms with Crippen molar-refractivity contribution in [3.05, 3.63) is 23.5 Å². The molecular weight excluding hydrogens is 461 g/mol. The second kappa shape index (κ2) is 8.93. The van der Waals surface area contributed by atoms with Gasteiger partial charge in [-0.25, -0.2) is 9.59 Å². The van der Waals surface area contributed by atoms with Gasteiger partial charge in [-0.1, -0.05) is 20.8 Å². The molecule has 3 rings (SSSR count). The van der Waals surface area contributed by atoms with Gasteiger partial charge < -0.3 is 29.7 Å². The number of aromatic nitrogens is 1. The van der Waals surface area contributed by atoms with Crippen LogP contribution in [0.5, 0.6) is 0 Å². The molecule has 13 heteroatoms. The van der Waals surface area contributed by atoms with Crippen LogP contribution in [0.15, 0.2) is 12.3 Å². The largest absolute Gasteiger partial charge is 0.465 e. The molecule has 2 atom stereocenters. The quantitative estimate of drug-likeness (QED) is 0.668. The van der Waals surface area contributed by atoms with E-state index >= 15 is 0 Å². The van der Waals surface area contributed by atoms with E-state index in [9.17, 15) is 32.7 Å². The monoisotopic (exact) mass is 488 g/mol. The Hall–Kier alpha value is -3.09. The highest BCUT2D eigenvalue weighted by molar-refractivity contribution is 5.95. The van der Waals surface area contributed by atoms with Crippen molar-refractivity contribution in [3.63, 3.8) is 0 Å². The van der Waals surface area contributed by atoms with Gasteiger partial charge in [-0.3, -0.25) is 9.78 Å². The Morgan fingerprint density at radius 3 is 2.35 bits per heavy atom. The molecule has 2 unspecified atom stereocenters. The van der Waals surface area contributed by atoms with Crippen LogP contribution in [-0.2, 0) is 27.1 Å². The lowest BCUT2D eigenvalue weighted by atomic mass is 9.95. The Morgan fingerprint density at radius 1 is 1.21 bits per heavy atom. The number of carbonyl (C=O) groups is 3. The number of anilines is 1. The number of rotatable bonds is 4. The summed E-state index contributed by atoms with van der Waals surface area (Å²) in [5, 5.41) is 11.7. The minimum Gasteiger partial charge on any atom is -0.465 e. The van der Waals surface area contributed by atoms with Crippen molar-refractivity contribution in [3.8, 4) is 0 Å². The second-order valence-electron chi connectivity index (χ2n) is 9.48. The molecule has 0 aromatic carbocycles. The maximum Gasteiger partial charge on any atom is 0.417 e. The van der Waals surface area contributed by atoms with E-state index in [0.717, 1.165) is 6.07 Å². The number of alkyl halides is 3. The first-order chi connectivity index (χ1) is 15.7. The van der Waals surface area contributed by atoms with Gasteiger partial charge in [0, 0.05) is 37.7 Å². The number of amides is 3. The summed E-state index contributed by atoms with van der Waals surface area (Å²) in [6.45, 7) is 4.95. The van der Waals surface area contributed by atoms with Gasteiger partial charge in [0.15, 0.2) is 0 Å². The third-order valence-electron chi connectivity index (χ3n) is 6.04. The third-order valence-corrected chi connectivity index (χ3v) is 6.04. The molecular formula is C21H27F3N4O6. The van der Waals surface area contributed by atoms with Crippen molar-refractivity contribution in [1.29, 1.82) is 0 Å². The van der Waals surface area contributed by atoms with Crippen molar-refractivity contribution < 1.29 is 42.1 Å². The molecule has 2 saturated heterocycles. The fraction of sp³-hybridized carbons (Fsp3) is 0.619. The van der Waals surface area contributed by atoms with Crippen molar-refractivity contribution in [2.75, 3.05) is 38.6 Å². The summed E-state index contributed by atoms with van der Waals surface area (Å²) in [6.07, 6.45) is -5.88. The summed E-state index contributed by atoms with van der Waals surface area (Å²) in [6, 6.07) is 0.750. The standard InChI is InChI=1S/C21H27F3N4O6/c1-19(2,3)16(29)26-14-5-12(21(22,23)24)6-25-15(14)9-34-18(32)28-8-13-7-27(17(30)31)10-20(13,11-28)33-4/h5-6,13H,7-11H2,1-4H3,(H,26,29)(H,30,31). The highest BCUT2D eigenvalue weighted by atomic mass is 19.4. The lowest BCUT2D eigenvalue weighted by Crippen LogP contribution is -2.44. The fourth-order valence-electron chi connectivity index (χ4n) is 3.99. The molecule has 3 heterocycles. The first-order valence-electron chi connectivity index (χ1n) is 10.5. The number of carbonyl (C=O) groups excluding carboxylic acids is 2. The summed E-state index contributed by atoms with van der Waals surface area (Å²) >= 11 is 0. The number of hydrogen-bond donors (Lipinski definition) is 2. The number of carboxylic acid groups (broad SMARTS) is 1. The van der Waals surface area contributed by atoms with Crippen molar-refractivity contribution in [2.24, 2.45) is 11.3 Å². The van der Waals surface area contributed by atoms with Gasteiger partial charge >= 0.3 is 18.4 Å². The minimum atomic E-state index is -4.67. The predicted octanol–water partition coefficient (Wildman–Crippen LogP) is 3.03. The molecule has 0 bridgehead atoms. The van der Waals surface area contributed by atoms with Crippen LogP contribution >= 0.6 is 0 Å². The summed E-state index contributed by atoms with van der Waals surface area (Å²) in [4.78, 5) is 42.7. The normalized spacial score (nSPS) is 22.5. The molecule has 0 radical (unpaired) electrons. The maximum atomic E-state index is 13.2. The van der Waals surface area contributed by atoms with Crippen LogP contribution in [0.4, 0.5) is 28.4 Å². The zero-order valence-corrected chi connectivity index (χ0v) is 19.2. The molecule has 2 aliphatic rings. The summed E-state index contributed by atoms with van der Waals surface area (Å²) in [5.41, 5.74) is -3.03. The third kappa shape index (κ3) is 5.18. The second-order valence-corrected chi connectivity index (χ2v) is 9.48. The van der Waals surface area contributed by atoms with Gasteiger partial charge in [-0.2, -0.15) is 13.2 Å². The lowest BCUT2D eigenvalue weighted by Gasteiger charge is -2.27. The molecule has 188 valence electrons. The number of likely N-dealkylation sites (tertiary alicyclic amines) is 2. The van der Waals surface area contributed by atoms with E-state index in [1.807, 2.05) is 0 Å². The molecule has 10 nitrogen and oxygen atoms in total. The molecule has 0 spiro atoms. The zero-order valence-electron chi connectivity index (χ0n) is 19.2. The van der Waals surface area contributed by atoms with Crippen LogP contribution in [0.25, 0.3) is 0 Å². The molecule has 0 aliphatic carbocycles. The molecule has 34 heavy (non-hydrogen) atoms. The Labute approximate surface area is 194 Å². The average molecular weight is 488 g/mol. The lowest BCUT2D eigenvalue weighted by molar-refractivity contribution is -0.137. The van der Waals surface area contributed by atoms with Crippen LogP contribution in [0.2, 0.25) is 0 Å². The van der Waals surface area contributed by atoms with Crippen molar-refractivity contribution in [1.82, 2.24) is 14.8 Å². The molecule has 2 aliphatic heterocycles. The first kappa shape index (κ1) is 25.5. The maximum absolute atomic E-state index is 13.2. The van der Waals surface area contributed by atoms with E-state index in [2.05, 4.69) is 10.3 Å². The van der Waals surface area contributed by atoms with E-state index < -0.39 is 47.5 Å². The predicted molar refractivity (Wildman–Crippen MR) is 112 cm³/mol. The number of halogens is 3. The SMILES string of the molecule is COC12CN(C(=O)O)CC1CN(C(=O)OCc1ncc(C(F)(F)F)cc1NC(=O)C(C)(C)C)C2. The highest BCUT2D eigenvalue weighted by Gasteiger charge is 2.55. The Balaban J connectivity index is 1.72. The number of nitrogens with zero attached hydrogens (tertiary/aromatic N) is 3. The van der Waals surface area contributed by atoms with Gasteiger partial charge in [0.1, 0.15) is 17.9 Å². The van der Waals surface area contributed by atoms with E-state index in [4.69, 9.17) is 9.47 Å². The molecule has 2 fully saturated rings. The first-order valence-corrected chi connectivity index (χ1v) is 10.5. The number of ether oxygens (including phenoxy) is 2. The molecule has 2 N–H and O–H groups in total. The van der Waals surface area contributed by atoms with E-state index in [-0.39, 0.29) is 43.5 Å². The highest BCUT2D eigenvalue weighted by Crippen LogP contribution is 2.38. The smallest absolute Gasteiger partial charge is 0.417 e.